The Kier molecular flexibility index (Phi) is 8.75. The summed E-state index contributed by atoms with van der Waals surface area (Å²) in [5.74, 6) is 0.504. The van der Waals surface area contributed by atoms with E-state index in [1.54, 1.807) is 20.8 Å². The van der Waals surface area contributed by atoms with Gasteiger partial charge in [-0.15, -0.1) is 0 Å². The van der Waals surface area contributed by atoms with E-state index in [0.717, 1.165) is 11.3 Å². The maximum atomic E-state index is 12.5. The molecule has 0 fully saturated rings. The second-order valence-corrected chi connectivity index (χ2v) is 8.71. The van der Waals surface area contributed by atoms with E-state index in [-0.39, 0.29) is 11.5 Å². The lowest BCUT2D eigenvalue weighted by atomic mass is 10.1. The molecule has 0 aliphatic carbocycles. The van der Waals surface area contributed by atoms with Crippen molar-refractivity contribution in [2.75, 3.05) is 6.54 Å². The van der Waals surface area contributed by atoms with Crippen LogP contribution < -0.4 is 21.1 Å². The topological polar surface area (TPSA) is 103 Å². The molecule has 0 aliphatic rings. The molecule has 0 aromatic heterocycles. The minimum atomic E-state index is -0.693. The van der Waals surface area contributed by atoms with Crippen LogP contribution in [0.15, 0.2) is 24.3 Å². The Morgan fingerprint density at radius 1 is 1.04 bits per heavy atom. The van der Waals surface area contributed by atoms with Gasteiger partial charge in [0.05, 0.1) is 0 Å². The fraction of sp³-hybridized carbons (Fsp3) is 0.619. The second-order valence-electron chi connectivity index (χ2n) is 8.71. The third kappa shape index (κ3) is 10.2. The molecule has 158 valence electrons. The quantitative estimate of drug-likeness (QED) is 0.630. The molecular formula is C21H35N3O4. The van der Waals surface area contributed by atoms with Gasteiger partial charge in [0.15, 0.2) is 0 Å². The number of carbonyl (C=O) groups excluding carboxylic acids is 2. The lowest BCUT2D eigenvalue weighted by Crippen LogP contribution is -2.48. The first-order valence-electron chi connectivity index (χ1n) is 9.65. The Balaban J connectivity index is 2.63. The monoisotopic (exact) mass is 393 g/mol. The predicted octanol–water partition coefficient (Wildman–Crippen LogP) is 3.11. The van der Waals surface area contributed by atoms with Crippen molar-refractivity contribution in [3.8, 4) is 5.75 Å². The first-order valence-corrected chi connectivity index (χ1v) is 9.65. The van der Waals surface area contributed by atoms with Gasteiger partial charge in [0.25, 0.3) is 0 Å². The maximum Gasteiger partial charge on any atom is 0.408 e. The Labute approximate surface area is 168 Å². The van der Waals surface area contributed by atoms with Crippen molar-refractivity contribution in [2.45, 2.75) is 78.2 Å². The van der Waals surface area contributed by atoms with Crippen molar-refractivity contribution < 1.29 is 19.1 Å². The van der Waals surface area contributed by atoms with Crippen LogP contribution in [-0.2, 0) is 16.1 Å². The minimum Gasteiger partial charge on any atom is -0.488 e. The molecule has 28 heavy (non-hydrogen) atoms. The van der Waals surface area contributed by atoms with Crippen molar-refractivity contribution in [1.29, 1.82) is 0 Å². The molecule has 0 radical (unpaired) electrons. The van der Waals surface area contributed by atoms with Gasteiger partial charge >= 0.3 is 6.09 Å². The summed E-state index contributed by atoms with van der Waals surface area (Å²) in [7, 11) is 0. The van der Waals surface area contributed by atoms with Crippen LogP contribution in [-0.4, -0.2) is 35.8 Å². The highest BCUT2D eigenvalue weighted by Gasteiger charge is 2.23. The Hall–Kier alpha value is -2.28. The zero-order valence-corrected chi connectivity index (χ0v) is 17.9. The molecule has 1 aromatic carbocycles. The number of nitrogens with one attached hydrogen (secondary N) is 2. The standard InChI is InChI=1S/C21H35N3O4/c1-20(2,3)27-16-11-9-15(10-12-16)14-23-18(25)17(8-7-13-22)24-19(26)28-21(4,5)6/h9-12,17H,7-8,13-14,22H2,1-6H3,(H,23,25)(H,24,26)/t17-/m1/s1. The summed E-state index contributed by atoms with van der Waals surface area (Å²) >= 11 is 0. The lowest BCUT2D eigenvalue weighted by molar-refractivity contribution is -0.123. The van der Waals surface area contributed by atoms with Crippen molar-refractivity contribution in [3.05, 3.63) is 29.8 Å². The average Bonchev–Trinajstić information content (AvgIpc) is 2.54. The molecule has 0 saturated carbocycles. The molecule has 0 saturated heterocycles. The minimum absolute atomic E-state index is 0.265. The number of ether oxygens (including phenoxy) is 2. The highest BCUT2D eigenvalue weighted by Crippen LogP contribution is 2.18. The van der Waals surface area contributed by atoms with Crippen LogP contribution in [0.1, 0.15) is 59.9 Å². The molecule has 0 spiro atoms. The Morgan fingerprint density at radius 3 is 2.14 bits per heavy atom. The summed E-state index contributed by atoms with van der Waals surface area (Å²) in [6, 6.07) is 6.85. The third-order valence-electron chi connectivity index (χ3n) is 3.52. The van der Waals surface area contributed by atoms with E-state index < -0.39 is 17.7 Å². The zero-order chi connectivity index (χ0) is 21.4. The smallest absolute Gasteiger partial charge is 0.408 e. The van der Waals surface area contributed by atoms with Gasteiger partial charge in [-0.25, -0.2) is 4.79 Å². The van der Waals surface area contributed by atoms with E-state index in [2.05, 4.69) is 10.6 Å². The van der Waals surface area contributed by atoms with Gasteiger partial charge in [-0.2, -0.15) is 0 Å². The molecule has 1 aromatic rings. The molecule has 0 bridgehead atoms. The Bertz CT molecular complexity index is 631. The summed E-state index contributed by atoms with van der Waals surface area (Å²) in [5, 5.41) is 5.48. The highest BCUT2D eigenvalue weighted by atomic mass is 16.6. The molecule has 2 amide bonds. The number of amides is 2. The molecule has 0 aliphatic heterocycles. The van der Waals surface area contributed by atoms with Crippen molar-refractivity contribution in [2.24, 2.45) is 5.73 Å². The summed E-state index contributed by atoms with van der Waals surface area (Å²) < 4.78 is 11.0. The maximum absolute atomic E-state index is 12.5. The lowest BCUT2D eigenvalue weighted by Gasteiger charge is -2.23. The first-order chi connectivity index (χ1) is 12.9. The van der Waals surface area contributed by atoms with Gasteiger partial charge in [0, 0.05) is 6.54 Å². The fourth-order valence-electron chi connectivity index (χ4n) is 2.38. The summed E-state index contributed by atoms with van der Waals surface area (Å²) in [4.78, 5) is 24.5. The number of benzene rings is 1. The zero-order valence-electron chi connectivity index (χ0n) is 17.9. The van der Waals surface area contributed by atoms with E-state index in [1.165, 1.54) is 0 Å². The molecule has 7 nitrogen and oxygen atoms in total. The normalized spacial score (nSPS) is 12.8. The third-order valence-corrected chi connectivity index (χ3v) is 3.52. The van der Waals surface area contributed by atoms with E-state index in [0.29, 0.717) is 25.9 Å². The van der Waals surface area contributed by atoms with E-state index in [4.69, 9.17) is 15.2 Å². The number of rotatable bonds is 8. The summed E-state index contributed by atoms with van der Waals surface area (Å²) in [6.45, 7) is 12.1. The van der Waals surface area contributed by atoms with Crippen LogP contribution in [0.3, 0.4) is 0 Å². The Morgan fingerprint density at radius 2 is 1.64 bits per heavy atom. The van der Waals surface area contributed by atoms with Crippen LogP contribution >= 0.6 is 0 Å². The number of nitrogens with two attached hydrogens (primary N) is 1. The van der Waals surface area contributed by atoms with Gasteiger partial charge in [-0.1, -0.05) is 12.1 Å². The van der Waals surface area contributed by atoms with Crippen LogP contribution in [0.4, 0.5) is 4.79 Å². The average molecular weight is 394 g/mol. The SMILES string of the molecule is CC(C)(C)OC(=O)N[C@H](CCCN)C(=O)NCc1ccc(OC(C)(C)C)cc1. The van der Waals surface area contributed by atoms with E-state index in [9.17, 15) is 9.59 Å². The molecule has 0 heterocycles. The molecule has 1 atom stereocenters. The van der Waals surface area contributed by atoms with Crippen molar-refractivity contribution in [1.82, 2.24) is 10.6 Å². The van der Waals surface area contributed by atoms with Gasteiger partial charge in [0.2, 0.25) is 5.91 Å². The number of hydrogen-bond acceptors (Lipinski definition) is 5. The molecule has 0 unspecified atom stereocenters. The van der Waals surface area contributed by atoms with Crippen molar-refractivity contribution in [3.63, 3.8) is 0 Å². The number of carbonyl (C=O) groups is 2. The molecule has 7 heteroatoms. The fourth-order valence-corrected chi connectivity index (χ4v) is 2.38. The molecular weight excluding hydrogens is 358 g/mol. The van der Waals surface area contributed by atoms with Gasteiger partial charge in [-0.3, -0.25) is 4.79 Å². The molecule has 4 N–H and O–H groups in total. The van der Waals surface area contributed by atoms with E-state index >= 15 is 0 Å². The number of hydrogen-bond donors (Lipinski definition) is 3. The van der Waals surface area contributed by atoms with Crippen molar-refractivity contribution >= 4 is 12.0 Å². The van der Waals surface area contributed by atoms with Gasteiger partial charge in [-0.05, 0) is 78.6 Å². The van der Waals surface area contributed by atoms with Crippen LogP contribution in [0.5, 0.6) is 5.75 Å². The van der Waals surface area contributed by atoms with Gasteiger partial charge in [0.1, 0.15) is 23.0 Å². The van der Waals surface area contributed by atoms with Crippen LogP contribution in [0.25, 0.3) is 0 Å². The summed E-state index contributed by atoms with van der Waals surface area (Å²) in [6.07, 6.45) is 0.445. The molecule has 1 rings (SSSR count). The number of alkyl carbamates (subject to hydrolysis) is 1. The van der Waals surface area contributed by atoms with E-state index in [1.807, 2.05) is 45.0 Å². The first kappa shape index (κ1) is 23.8. The van der Waals surface area contributed by atoms with Crippen LogP contribution in [0.2, 0.25) is 0 Å². The van der Waals surface area contributed by atoms with Crippen LogP contribution in [0, 0.1) is 0 Å². The predicted molar refractivity (Wildman–Crippen MR) is 110 cm³/mol. The largest absolute Gasteiger partial charge is 0.488 e. The summed E-state index contributed by atoms with van der Waals surface area (Å²) in [5.41, 5.74) is 5.59. The second kappa shape index (κ2) is 10.3. The van der Waals surface area contributed by atoms with Gasteiger partial charge < -0.3 is 25.8 Å². The highest BCUT2D eigenvalue weighted by molar-refractivity contribution is 5.85.